The molecule has 0 saturated carbocycles. The topological polar surface area (TPSA) is 35.5 Å². The highest BCUT2D eigenvalue weighted by Crippen LogP contribution is 1.99. The minimum absolute atomic E-state index is 0.271. The smallest absolute Gasteiger partial charge is 0.335 e. The summed E-state index contributed by atoms with van der Waals surface area (Å²) in [7, 11) is 0. The molecule has 0 unspecified atom stereocenters. The van der Waals surface area contributed by atoms with Gasteiger partial charge in [0.15, 0.2) is 0 Å². The van der Waals surface area contributed by atoms with Gasteiger partial charge in [-0.25, -0.2) is 4.79 Å². The number of hydrogen-bond acceptors (Lipinski definition) is 4. The van der Waals surface area contributed by atoms with E-state index in [4.69, 9.17) is 9.47 Å². The maximum absolute atomic E-state index is 11.1. The maximum atomic E-state index is 11.1. The SMILES string of the molecule is C=C(COCCCSC)C(=O)OCC. The Labute approximate surface area is 89.8 Å². The summed E-state index contributed by atoms with van der Waals surface area (Å²) in [6, 6.07) is 0. The first-order valence-electron chi connectivity index (χ1n) is 4.64. The number of esters is 1. The van der Waals surface area contributed by atoms with Crippen molar-refractivity contribution in [3.8, 4) is 0 Å². The van der Waals surface area contributed by atoms with Gasteiger partial charge in [-0.2, -0.15) is 11.8 Å². The van der Waals surface area contributed by atoms with Crippen LogP contribution in [0.1, 0.15) is 13.3 Å². The summed E-state index contributed by atoms with van der Waals surface area (Å²) in [6.45, 7) is 6.67. The van der Waals surface area contributed by atoms with Crippen LogP contribution in [0, 0.1) is 0 Å². The molecule has 14 heavy (non-hydrogen) atoms. The monoisotopic (exact) mass is 218 g/mol. The normalized spacial score (nSPS) is 9.86. The van der Waals surface area contributed by atoms with E-state index in [9.17, 15) is 4.79 Å². The number of carbonyl (C=O) groups is 1. The van der Waals surface area contributed by atoms with Crippen LogP contribution < -0.4 is 0 Å². The van der Waals surface area contributed by atoms with Crippen LogP contribution in [0.5, 0.6) is 0 Å². The van der Waals surface area contributed by atoms with Crippen LogP contribution in [0.2, 0.25) is 0 Å². The molecule has 0 rings (SSSR count). The van der Waals surface area contributed by atoms with Gasteiger partial charge < -0.3 is 9.47 Å². The molecule has 0 spiro atoms. The number of carbonyl (C=O) groups excluding carboxylic acids is 1. The molecule has 0 bridgehead atoms. The molecular formula is C10H18O3S. The minimum atomic E-state index is -0.364. The lowest BCUT2D eigenvalue weighted by Gasteiger charge is -2.05. The van der Waals surface area contributed by atoms with Crippen molar-refractivity contribution in [1.29, 1.82) is 0 Å². The Morgan fingerprint density at radius 1 is 1.50 bits per heavy atom. The van der Waals surface area contributed by atoms with E-state index in [1.807, 2.05) is 0 Å². The van der Waals surface area contributed by atoms with Crippen molar-refractivity contribution < 1.29 is 14.3 Å². The average molecular weight is 218 g/mol. The third-order valence-electron chi connectivity index (χ3n) is 1.48. The summed E-state index contributed by atoms with van der Waals surface area (Å²) in [4.78, 5) is 11.1. The first-order chi connectivity index (χ1) is 6.72. The quantitative estimate of drug-likeness (QED) is 0.354. The highest BCUT2D eigenvalue weighted by Gasteiger charge is 2.06. The molecule has 0 fully saturated rings. The van der Waals surface area contributed by atoms with Gasteiger partial charge in [-0.1, -0.05) is 6.58 Å². The fourth-order valence-corrected chi connectivity index (χ4v) is 1.20. The summed E-state index contributed by atoms with van der Waals surface area (Å²) in [5.74, 6) is 0.712. The van der Waals surface area contributed by atoms with E-state index in [0.717, 1.165) is 12.2 Å². The summed E-state index contributed by atoms with van der Waals surface area (Å²) >= 11 is 1.78. The van der Waals surface area contributed by atoms with Crippen molar-refractivity contribution in [3.05, 3.63) is 12.2 Å². The molecule has 0 N–H and O–H groups in total. The third-order valence-corrected chi connectivity index (χ3v) is 2.17. The molecule has 0 atom stereocenters. The van der Waals surface area contributed by atoms with E-state index in [1.54, 1.807) is 18.7 Å². The van der Waals surface area contributed by atoms with Gasteiger partial charge in [-0.15, -0.1) is 0 Å². The molecule has 0 heterocycles. The van der Waals surface area contributed by atoms with Crippen LogP contribution in [0.3, 0.4) is 0 Å². The van der Waals surface area contributed by atoms with Crippen molar-refractivity contribution in [1.82, 2.24) is 0 Å². The van der Waals surface area contributed by atoms with Crippen LogP contribution in [0.15, 0.2) is 12.2 Å². The Hall–Kier alpha value is -0.480. The predicted molar refractivity (Wildman–Crippen MR) is 59.6 cm³/mol. The lowest BCUT2D eigenvalue weighted by atomic mass is 10.3. The Bertz CT molecular complexity index is 180. The Kier molecular flexibility index (Phi) is 8.78. The highest BCUT2D eigenvalue weighted by atomic mass is 32.2. The molecular weight excluding hydrogens is 200 g/mol. The number of hydrogen-bond donors (Lipinski definition) is 0. The van der Waals surface area contributed by atoms with E-state index in [-0.39, 0.29) is 12.6 Å². The van der Waals surface area contributed by atoms with Gasteiger partial charge in [-0.05, 0) is 25.4 Å². The fourth-order valence-electron chi connectivity index (χ4n) is 0.793. The van der Waals surface area contributed by atoms with Crippen molar-refractivity contribution in [2.24, 2.45) is 0 Å². The number of rotatable bonds is 8. The predicted octanol–water partition coefficient (Wildman–Crippen LogP) is 1.88. The molecule has 0 aliphatic heterocycles. The van der Waals surface area contributed by atoms with E-state index < -0.39 is 0 Å². The molecule has 0 aromatic heterocycles. The van der Waals surface area contributed by atoms with E-state index >= 15 is 0 Å². The van der Waals surface area contributed by atoms with Gasteiger partial charge in [-0.3, -0.25) is 0 Å². The molecule has 3 nitrogen and oxygen atoms in total. The average Bonchev–Trinajstić information content (AvgIpc) is 2.17. The summed E-state index contributed by atoms with van der Waals surface area (Å²) in [6.07, 6.45) is 3.05. The van der Waals surface area contributed by atoms with Gasteiger partial charge in [0.1, 0.15) is 0 Å². The first kappa shape index (κ1) is 13.5. The standard InChI is InChI=1S/C10H18O3S/c1-4-13-10(11)9(2)8-12-6-5-7-14-3/h2,4-8H2,1,3H3. The van der Waals surface area contributed by atoms with Crippen LogP contribution >= 0.6 is 11.8 Å². The second kappa shape index (κ2) is 9.09. The summed E-state index contributed by atoms with van der Waals surface area (Å²) < 4.78 is 10.0. The Morgan fingerprint density at radius 2 is 2.21 bits per heavy atom. The summed E-state index contributed by atoms with van der Waals surface area (Å²) in [5.41, 5.74) is 0.385. The highest BCUT2D eigenvalue weighted by molar-refractivity contribution is 7.98. The Morgan fingerprint density at radius 3 is 2.79 bits per heavy atom. The van der Waals surface area contributed by atoms with Crippen LogP contribution in [-0.4, -0.2) is 37.8 Å². The zero-order valence-corrected chi connectivity index (χ0v) is 9.69. The lowest BCUT2D eigenvalue weighted by molar-refractivity contribution is -0.139. The number of ether oxygens (including phenoxy) is 2. The van der Waals surface area contributed by atoms with Gasteiger partial charge >= 0.3 is 5.97 Å². The third kappa shape index (κ3) is 6.97. The van der Waals surface area contributed by atoms with Crippen LogP contribution in [0.4, 0.5) is 0 Å². The van der Waals surface area contributed by atoms with E-state index in [0.29, 0.717) is 18.8 Å². The molecule has 0 aromatic rings. The Balaban J connectivity index is 3.39. The largest absolute Gasteiger partial charge is 0.463 e. The van der Waals surface area contributed by atoms with E-state index in [1.165, 1.54) is 0 Å². The van der Waals surface area contributed by atoms with Gasteiger partial charge in [0, 0.05) is 6.61 Å². The zero-order chi connectivity index (χ0) is 10.8. The zero-order valence-electron chi connectivity index (χ0n) is 8.88. The maximum Gasteiger partial charge on any atom is 0.335 e. The van der Waals surface area contributed by atoms with Crippen molar-refractivity contribution in [2.75, 3.05) is 31.8 Å². The van der Waals surface area contributed by atoms with Crippen molar-refractivity contribution in [2.45, 2.75) is 13.3 Å². The summed E-state index contributed by atoms with van der Waals surface area (Å²) in [5, 5.41) is 0. The van der Waals surface area contributed by atoms with E-state index in [2.05, 4.69) is 12.8 Å². The lowest BCUT2D eigenvalue weighted by Crippen LogP contribution is -2.12. The molecule has 0 aliphatic carbocycles. The van der Waals surface area contributed by atoms with Gasteiger partial charge in [0.2, 0.25) is 0 Å². The van der Waals surface area contributed by atoms with Gasteiger partial charge in [0.05, 0.1) is 18.8 Å². The molecule has 0 radical (unpaired) electrons. The van der Waals surface area contributed by atoms with Crippen LogP contribution in [0.25, 0.3) is 0 Å². The second-order valence-corrected chi connectivity index (χ2v) is 3.71. The molecule has 82 valence electrons. The van der Waals surface area contributed by atoms with Crippen molar-refractivity contribution >= 4 is 17.7 Å². The second-order valence-electron chi connectivity index (χ2n) is 2.72. The number of thioether (sulfide) groups is 1. The van der Waals surface area contributed by atoms with Crippen LogP contribution in [-0.2, 0) is 14.3 Å². The van der Waals surface area contributed by atoms with Crippen molar-refractivity contribution in [3.63, 3.8) is 0 Å². The molecule has 0 saturated heterocycles. The fraction of sp³-hybridized carbons (Fsp3) is 0.700. The molecule has 0 amide bonds. The van der Waals surface area contributed by atoms with Gasteiger partial charge in [0.25, 0.3) is 0 Å². The molecule has 4 heteroatoms. The first-order valence-corrected chi connectivity index (χ1v) is 6.03. The molecule has 0 aromatic carbocycles. The molecule has 0 aliphatic rings. The minimum Gasteiger partial charge on any atom is -0.463 e.